The van der Waals surface area contributed by atoms with Gasteiger partial charge in [-0.1, -0.05) is 0 Å². The second-order valence-electron chi connectivity index (χ2n) is 7.17. The third-order valence-corrected chi connectivity index (χ3v) is 6.11. The fourth-order valence-corrected chi connectivity index (χ4v) is 3.58. The lowest BCUT2D eigenvalue weighted by Gasteiger charge is -2.19. The van der Waals surface area contributed by atoms with E-state index in [0.717, 1.165) is 22.7 Å². The predicted octanol–water partition coefficient (Wildman–Crippen LogP) is 2.62. The van der Waals surface area contributed by atoms with Crippen molar-refractivity contribution in [3.63, 3.8) is 0 Å². The number of carbonyl (C=O) groups is 2. The number of nitrogens with zero attached hydrogens (tertiary/aromatic N) is 2. The van der Waals surface area contributed by atoms with Crippen molar-refractivity contribution in [1.82, 2.24) is 0 Å². The number of sulfonamides is 1. The van der Waals surface area contributed by atoms with Gasteiger partial charge in [-0.2, -0.15) is 0 Å². The van der Waals surface area contributed by atoms with Crippen molar-refractivity contribution in [2.75, 3.05) is 34.4 Å². The molecule has 2 aromatic carbocycles. The molecule has 0 spiro atoms. The summed E-state index contributed by atoms with van der Waals surface area (Å²) in [7, 11) is -1.88. The van der Waals surface area contributed by atoms with Gasteiger partial charge in [0, 0.05) is 31.4 Å². The molecule has 1 N–H and O–H groups in total. The predicted molar refractivity (Wildman–Crippen MR) is 116 cm³/mol. The molecule has 2 amide bonds. The standard InChI is InChI=1S/C21H25N3O5S/c1-15(29-19-12-10-17(11-13-19)23(2)30(3,27)28)21(26)22-16-6-8-18(9-7-16)24-14-4-5-20(24)25/h6-13,15H,4-5,14H2,1-3H3,(H,22,26). The van der Waals surface area contributed by atoms with Crippen molar-refractivity contribution in [3.8, 4) is 5.75 Å². The van der Waals surface area contributed by atoms with E-state index in [1.54, 1.807) is 60.4 Å². The summed E-state index contributed by atoms with van der Waals surface area (Å²) >= 11 is 0. The number of rotatable bonds is 7. The maximum absolute atomic E-state index is 12.4. The summed E-state index contributed by atoms with van der Waals surface area (Å²) in [5.41, 5.74) is 1.92. The smallest absolute Gasteiger partial charge is 0.265 e. The van der Waals surface area contributed by atoms with Crippen LogP contribution in [0.4, 0.5) is 17.1 Å². The van der Waals surface area contributed by atoms with Crippen molar-refractivity contribution in [2.24, 2.45) is 0 Å². The van der Waals surface area contributed by atoms with Crippen molar-refractivity contribution in [1.29, 1.82) is 0 Å². The molecule has 1 atom stereocenters. The highest BCUT2D eigenvalue weighted by Crippen LogP contribution is 2.24. The first-order chi connectivity index (χ1) is 14.1. The zero-order valence-electron chi connectivity index (χ0n) is 17.2. The van der Waals surface area contributed by atoms with E-state index in [2.05, 4.69) is 5.32 Å². The second kappa shape index (κ2) is 8.74. The third-order valence-electron chi connectivity index (χ3n) is 4.90. The fourth-order valence-electron chi connectivity index (χ4n) is 3.07. The Bertz CT molecular complexity index is 1020. The molecule has 1 unspecified atom stereocenters. The summed E-state index contributed by atoms with van der Waals surface area (Å²) < 4.78 is 30.0. The normalized spacial score (nSPS) is 15.0. The summed E-state index contributed by atoms with van der Waals surface area (Å²) in [5, 5.41) is 2.79. The summed E-state index contributed by atoms with van der Waals surface area (Å²) in [6.45, 7) is 2.34. The van der Waals surface area contributed by atoms with Crippen LogP contribution in [0.15, 0.2) is 48.5 Å². The van der Waals surface area contributed by atoms with Gasteiger partial charge in [0.25, 0.3) is 5.91 Å². The lowest BCUT2D eigenvalue weighted by Crippen LogP contribution is -2.30. The van der Waals surface area contributed by atoms with Crippen LogP contribution in [0.1, 0.15) is 19.8 Å². The minimum atomic E-state index is -3.34. The zero-order chi connectivity index (χ0) is 21.9. The molecule has 2 aromatic rings. The molecule has 0 radical (unpaired) electrons. The molecule has 1 fully saturated rings. The van der Waals surface area contributed by atoms with Crippen LogP contribution in [-0.2, 0) is 19.6 Å². The van der Waals surface area contributed by atoms with E-state index in [4.69, 9.17) is 4.74 Å². The lowest BCUT2D eigenvalue weighted by molar-refractivity contribution is -0.122. The van der Waals surface area contributed by atoms with Gasteiger partial charge in [0.1, 0.15) is 5.75 Å². The first kappa shape index (κ1) is 21.6. The van der Waals surface area contributed by atoms with Crippen molar-refractivity contribution < 1.29 is 22.7 Å². The van der Waals surface area contributed by atoms with Crippen LogP contribution in [0.2, 0.25) is 0 Å². The van der Waals surface area contributed by atoms with Gasteiger partial charge in [0.2, 0.25) is 15.9 Å². The molecular weight excluding hydrogens is 406 g/mol. The first-order valence-corrected chi connectivity index (χ1v) is 11.4. The Morgan fingerprint density at radius 2 is 1.77 bits per heavy atom. The molecule has 0 aromatic heterocycles. The van der Waals surface area contributed by atoms with Crippen LogP contribution in [0, 0.1) is 0 Å². The van der Waals surface area contributed by atoms with Gasteiger partial charge in [0.15, 0.2) is 6.10 Å². The van der Waals surface area contributed by atoms with Crippen LogP contribution in [0.25, 0.3) is 0 Å². The van der Waals surface area contributed by atoms with Crippen LogP contribution < -0.4 is 19.3 Å². The van der Waals surface area contributed by atoms with Gasteiger partial charge in [0.05, 0.1) is 11.9 Å². The lowest BCUT2D eigenvalue weighted by atomic mass is 10.2. The quantitative estimate of drug-likeness (QED) is 0.727. The highest BCUT2D eigenvalue weighted by Gasteiger charge is 2.22. The summed E-state index contributed by atoms with van der Waals surface area (Å²) in [4.78, 5) is 26.0. The molecule has 0 saturated carbocycles. The number of nitrogens with one attached hydrogen (secondary N) is 1. The molecule has 1 aliphatic heterocycles. The van der Waals surface area contributed by atoms with E-state index in [9.17, 15) is 18.0 Å². The Kier molecular flexibility index (Phi) is 6.31. The average Bonchev–Trinajstić information content (AvgIpc) is 3.13. The maximum Gasteiger partial charge on any atom is 0.265 e. The molecule has 160 valence electrons. The molecule has 9 heteroatoms. The van der Waals surface area contributed by atoms with E-state index in [0.29, 0.717) is 30.1 Å². The molecular formula is C21H25N3O5S. The summed E-state index contributed by atoms with van der Waals surface area (Å²) in [5.74, 6) is 0.242. The molecule has 0 bridgehead atoms. The van der Waals surface area contributed by atoms with E-state index >= 15 is 0 Å². The first-order valence-electron chi connectivity index (χ1n) is 9.57. The van der Waals surface area contributed by atoms with Crippen LogP contribution in [0.3, 0.4) is 0 Å². The molecule has 1 saturated heterocycles. The number of hydrogen-bond donors (Lipinski definition) is 1. The summed E-state index contributed by atoms with van der Waals surface area (Å²) in [6, 6.07) is 13.6. The van der Waals surface area contributed by atoms with Crippen molar-refractivity contribution in [2.45, 2.75) is 25.9 Å². The Morgan fingerprint density at radius 3 is 2.30 bits per heavy atom. The van der Waals surface area contributed by atoms with Crippen molar-refractivity contribution in [3.05, 3.63) is 48.5 Å². The number of ether oxygens (including phenoxy) is 1. The van der Waals surface area contributed by atoms with Crippen LogP contribution in [0.5, 0.6) is 5.75 Å². The highest BCUT2D eigenvalue weighted by atomic mass is 32.2. The van der Waals surface area contributed by atoms with Gasteiger partial charge in [-0.05, 0) is 61.9 Å². The average molecular weight is 432 g/mol. The SMILES string of the molecule is CC(Oc1ccc(N(C)S(C)(=O)=O)cc1)C(=O)Nc1ccc(N2CCCC2=O)cc1. The topological polar surface area (TPSA) is 96.0 Å². The van der Waals surface area contributed by atoms with Crippen LogP contribution >= 0.6 is 0 Å². The van der Waals surface area contributed by atoms with Gasteiger partial charge in [-0.25, -0.2) is 8.42 Å². The number of amides is 2. The number of carbonyl (C=O) groups excluding carboxylic acids is 2. The molecule has 0 aliphatic carbocycles. The number of hydrogen-bond acceptors (Lipinski definition) is 5. The Balaban J connectivity index is 1.57. The maximum atomic E-state index is 12.4. The van der Waals surface area contributed by atoms with Gasteiger partial charge in [-0.15, -0.1) is 0 Å². The molecule has 3 rings (SSSR count). The monoisotopic (exact) mass is 431 g/mol. The van der Waals surface area contributed by atoms with E-state index in [1.807, 2.05) is 0 Å². The highest BCUT2D eigenvalue weighted by molar-refractivity contribution is 7.92. The second-order valence-corrected chi connectivity index (χ2v) is 9.18. The summed E-state index contributed by atoms with van der Waals surface area (Å²) in [6.07, 6.45) is 1.79. The Hall–Kier alpha value is -3.07. The Labute approximate surface area is 176 Å². The van der Waals surface area contributed by atoms with E-state index in [-0.39, 0.29) is 11.8 Å². The minimum absolute atomic E-state index is 0.113. The number of anilines is 3. The molecule has 1 aliphatic rings. The van der Waals surface area contributed by atoms with E-state index in [1.165, 1.54) is 7.05 Å². The Morgan fingerprint density at radius 1 is 1.13 bits per heavy atom. The van der Waals surface area contributed by atoms with Crippen LogP contribution in [-0.4, -0.2) is 46.2 Å². The van der Waals surface area contributed by atoms with Gasteiger partial charge in [-0.3, -0.25) is 13.9 Å². The van der Waals surface area contributed by atoms with Crippen molar-refractivity contribution >= 4 is 38.9 Å². The molecule has 30 heavy (non-hydrogen) atoms. The number of benzene rings is 2. The van der Waals surface area contributed by atoms with E-state index < -0.39 is 16.1 Å². The third kappa shape index (κ3) is 5.10. The largest absolute Gasteiger partial charge is 0.481 e. The zero-order valence-corrected chi connectivity index (χ0v) is 18.0. The molecule has 1 heterocycles. The fraction of sp³-hybridized carbons (Fsp3) is 0.333. The van der Waals surface area contributed by atoms with Gasteiger partial charge >= 0.3 is 0 Å². The molecule has 8 nitrogen and oxygen atoms in total. The van der Waals surface area contributed by atoms with Gasteiger partial charge < -0.3 is 15.0 Å². The minimum Gasteiger partial charge on any atom is -0.481 e.